The normalized spacial score (nSPS) is 25.2. The molecule has 0 spiro atoms. The Morgan fingerprint density at radius 2 is 1.82 bits per heavy atom. The van der Waals surface area contributed by atoms with Crippen molar-refractivity contribution in [3.8, 4) is 0 Å². The molecule has 2 heterocycles. The fraction of sp³-hybridized carbons (Fsp3) is 1.00. The molecule has 2 aliphatic rings. The Hall–Kier alpha value is 0.230. The van der Waals surface area contributed by atoms with Gasteiger partial charge in [0.25, 0.3) is 0 Å². The Morgan fingerprint density at radius 1 is 1.12 bits per heavy atom. The third-order valence-electron chi connectivity index (χ3n) is 3.97. The molecular formula is C13H27N3S. The molecule has 2 aliphatic heterocycles. The molecule has 1 N–H and O–H groups in total. The van der Waals surface area contributed by atoms with Crippen LogP contribution in [0.4, 0.5) is 0 Å². The lowest BCUT2D eigenvalue weighted by atomic mass is 10.0. The summed E-state index contributed by atoms with van der Waals surface area (Å²) in [6.45, 7) is 8.62. The predicted octanol–water partition coefficient (Wildman–Crippen LogP) is 0.967. The molecule has 2 fully saturated rings. The first-order valence-corrected chi connectivity index (χ1v) is 8.19. The molecule has 3 nitrogen and oxygen atoms in total. The number of nitrogens with zero attached hydrogens (tertiary/aromatic N) is 2. The van der Waals surface area contributed by atoms with Crippen molar-refractivity contribution in [2.45, 2.75) is 12.8 Å². The molecule has 0 saturated carbocycles. The molecule has 0 aromatic heterocycles. The smallest absolute Gasteiger partial charge is 0.0110 e. The second-order valence-electron chi connectivity index (χ2n) is 5.40. The average molecular weight is 257 g/mol. The summed E-state index contributed by atoms with van der Waals surface area (Å²) in [5.41, 5.74) is 0. The summed E-state index contributed by atoms with van der Waals surface area (Å²) in [6, 6.07) is 0. The van der Waals surface area contributed by atoms with Crippen molar-refractivity contribution in [2.75, 3.05) is 64.4 Å². The summed E-state index contributed by atoms with van der Waals surface area (Å²) in [7, 11) is 2.22. The summed E-state index contributed by atoms with van der Waals surface area (Å²) in [5, 5.41) is 3.65. The molecule has 0 aromatic rings. The van der Waals surface area contributed by atoms with Crippen molar-refractivity contribution in [1.29, 1.82) is 0 Å². The second-order valence-corrected chi connectivity index (χ2v) is 6.63. The van der Waals surface area contributed by atoms with Gasteiger partial charge in [-0.05, 0) is 43.9 Å². The van der Waals surface area contributed by atoms with Gasteiger partial charge in [-0.1, -0.05) is 0 Å². The zero-order valence-electron chi connectivity index (χ0n) is 11.2. The molecule has 2 saturated heterocycles. The van der Waals surface area contributed by atoms with E-state index in [0.29, 0.717) is 0 Å². The molecule has 2 rings (SSSR count). The van der Waals surface area contributed by atoms with E-state index in [1.807, 2.05) is 0 Å². The summed E-state index contributed by atoms with van der Waals surface area (Å²) in [6.07, 6.45) is 2.85. The maximum atomic E-state index is 3.65. The minimum absolute atomic E-state index is 0.948. The first-order valence-electron chi connectivity index (χ1n) is 7.04. The molecule has 4 heteroatoms. The average Bonchev–Trinajstić information content (AvgIpc) is 2.38. The Kier molecular flexibility index (Phi) is 6.12. The van der Waals surface area contributed by atoms with E-state index in [1.165, 1.54) is 70.2 Å². The van der Waals surface area contributed by atoms with Crippen LogP contribution in [0.25, 0.3) is 0 Å². The van der Waals surface area contributed by atoms with E-state index in [9.17, 15) is 0 Å². The van der Waals surface area contributed by atoms with E-state index in [0.717, 1.165) is 5.92 Å². The van der Waals surface area contributed by atoms with Gasteiger partial charge in [0.05, 0.1) is 0 Å². The highest BCUT2D eigenvalue weighted by Crippen LogP contribution is 2.21. The highest BCUT2D eigenvalue weighted by molar-refractivity contribution is 7.99. The standard InChI is InChI=1S/C13H27N3S/c1-15-6-8-16(9-7-15)5-4-14-12-13-2-10-17-11-3-13/h13-14H,2-12H2,1H3. The summed E-state index contributed by atoms with van der Waals surface area (Å²) in [5.74, 6) is 3.71. The quantitative estimate of drug-likeness (QED) is 0.739. The first-order chi connectivity index (χ1) is 8.34. The molecular weight excluding hydrogens is 230 g/mol. The highest BCUT2D eigenvalue weighted by Gasteiger charge is 2.14. The summed E-state index contributed by atoms with van der Waals surface area (Å²) < 4.78 is 0. The summed E-state index contributed by atoms with van der Waals surface area (Å²) in [4.78, 5) is 5.01. The van der Waals surface area contributed by atoms with Crippen LogP contribution in [0.1, 0.15) is 12.8 Å². The number of hydrogen-bond acceptors (Lipinski definition) is 4. The minimum Gasteiger partial charge on any atom is -0.315 e. The van der Waals surface area contributed by atoms with Gasteiger partial charge in [-0.25, -0.2) is 0 Å². The monoisotopic (exact) mass is 257 g/mol. The van der Waals surface area contributed by atoms with Crippen LogP contribution in [0.5, 0.6) is 0 Å². The Labute approximate surface area is 110 Å². The Morgan fingerprint density at radius 3 is 2.53 bits per heavy atom. The molecule has 0 aromatic carbocycles. The number of hydrogen-bond donors (Lipinski definition) is 1. The van der Waals surface area contributed by atoms with Crippen molar-refractivity contribution < 1.29 is 0 Å². The molecule has 17 heavy (non-hydrogen) atoms. The van der Waals surface area contributed by atoms with E-state index in [1.54, 1.807) is 0 Å². The lowest BCUT2D eigenvalue weighted by molar-refractivity contribution is 0.154. The van der Waals surface area contributed by atoms with Gasteiger partial charge in [0.1, 0.15) is 0 Å². The first kappa shape index (κ1) is 13.7. The zero-order valence-corrected chi connectivity index (χ0v) is 12.0. The molecule has 0 unspecified atom stereocenters. The number of rotatable bonds is 5. The lowest BCUT2D eigenvalue weighted by Crippen LogP contribution is -2.46. The molecule has 0 radical (unpaired) electrons. The highest BCUT2D eigenvalue weighted by atomic mass is 32.2. The predicted molar refractivity (Wildman–Crippen MR) is 76.9 cm³/mol. The van der Waals surface area contributed by atoms with Gasteiger partial charge in [0.2, 0.25) is 0 Å². The third-order valence-corrected chi connectivity index (χ3v) is 5.02. The van der Waals surface area contributed by atoms with Gasteiger partial charge in [0.15, 0.2) is 0 Å². The van der Waals surface area contributed by atoms with E-state index in [2.05, 4.69) is 33.9 Å². The van der Waals surface area contributed by atoms with Crippen molar-refractivity contribution in [1.82, 2.24) is 15.1 Å². The van der Waals surface area contributed by atoms with Crippen LogP contribution in [-0.4, -0.2) is 74.2 Å². The number of nitrogens with one attached hydrogen (secondary N) is 1. The van der Waals surface area contributed by atoms with Crippen LogP contribution < -0.4 is 5.32 Å². The Bertz CT molecular complexity index is 199. The second kappa shape index (κ2) is 7.62. The van der Waals surface area contributed by atoms with Gasteiger partial charge < -0.3 is 10.2 Å². The van der Waals surface area contributed by atoms with Crippen LogP contribution in [0, 0.1) is 5.92 Å². The van der Waals surface area contributed by atoms with Crippen LogP contribution in [-0.2, 0) is 0 Å². The maximum absolute atomic E-state index is 3.65. The number of likely N-dealkylation sites (N-methyl/N-ethyl adjacent to an activating group) is 1. The van der Waals surface area contributed by atoms with Crippen molar-refractivity contribution in [3.05, 3.63) is 0 Å². The zero-order chi connectivity index (χ0) is 11.9. The largest absolute Gasteiger partial charge is 0.315 e. The fourth-order valence-corrected chi connectivity index (χ4v) is 3.77. The van der Waals surface area contributed by atoms with Gasteiger partial charge in [0, 0.05) is 39.3 Å². The van der Waals surface area contributed by atoms with Crippen LogP contribution in [0.3, 0.4) is 0 Å². The molecule has 0 atom stereocenters. The van der Waals surface area contributed by atoms with E-state index in [-0.39, 0.29) is 0 Å². The number of thioether (sulfide) groups is 1. The van der Waals surface area contributed by atoms with Gasteiger partial charge in [-0.15, -0.1) is 0 Å². The maximum Gasteiger partial charge on any atom is 0.0110 e. The lowest BCUT2D eigenvalue weighted by Gasteiger charge is -2.32. The Balaban J connectivity index is 1.48. The van der Waals surface area contributed by atoms with E-state index >= 15 is 0 Å². The van der Waals surface area contributed by atoms with Crippen molar-refractivity contribution in [3.63, 3.8) is 0 Å². The van der Waals surface area contributed by atoms with Crippen LogP contribution >= 0.6 is 11.8 Å². The topological polar surface area (TPSA) is 18.5 Å². The minimum atomic E-state index is 0.948. The van der Waals surface area contributed by atoms with Crippen LogP contribution in [0.2, 0.25) is 0 Å². The third kappa shape index (κ3) is 5.16. The van der Waals surface area contributed by atoms with Gasteiger partial charge >= 0.3 is 0 Å². The van der Waals surface area contributed by atoms with E-state index < -0.39 is 0 Å². The molecule has 100 valence electrons. The van der Waals surface area contributed by atoms with Gasteiger partial charge in [-0.2, -0.15) is 11.8 Å². The summed E-state index contributed by atoms with van der Waals surface area (Å²) >= 11 is 2.12. The van der Waals surface area contributed by atoms with Crippen LogP contribution in [0.15, 0.2) is 0 Å². The van der Waals surface area contributed by atoms with Crippen molar-refractivity contribution >= 4 is 11.8 Å². The fourth-order valence-electron chi connectivity index (χ4n) is 2.57. The molecule has 0 aliphatic carbocycles. The number of piperazine rings is 1. The molecule has 0 bridgehead atoms. The SMILES string of the molecule is CN1CCN(CCNCC2CCSCC2)CC1. The van der Waals surface area contributed by atoms with Gasteiger partial charge in [-0.3, -0.25) is 4.90 Å². The van der Waals surface area contributed by atoms with E-state index in [4.69, 9.17) is 0 Å². The van der Waals surface area contributed by atoms with Crippen molar-refractivity contribution in [2.24, 2.45) is 5.92 Å². The molecule has 0 amide bonds.